The maximum atomic E-state index is 12.7. The van der Waals surface area contributed by atoms with Crippen LogP contribution in [0.5, 0.6) is 0 Å². The predicted molar refractivity (Wildman–Crippen MR) is 89.0 cm³/mol. The third kappa shape index (κ3) is 2.39. The van der Waals surface area contributed by atoms with E-state index in [2.05, 4.69) is 5.32 Å². The van der Waals surface area contributed by atoms with Crippen molar-refractivity contribution in [1.82, 2.24) is 10.2 Å². The van der Waals surface area contributed by atoms with Crippen LogP contribution >= 0.6 is 24.0 Å². The van der Waals surface area contributed by atoms with Crippen molar-refractivity contribution in [2.75, 3.05) is 26.2 Å². The fourth-order valence-electron chi connectivity index (χ4n) is 3.56. The van der Waals surface area contributed by atoms with Crippen molar-refractivity contribution >= 4 is 40.9 Å². The van der Waals surface area contributed by atoms with E-state index in [9.17, 15) is 4.79 Å². The number of nitrogens with zero attached hydrogens (tertiary/aromatic N) is 1. The molecule has 1 amide bonds. The zero-order valence-corrected chi connectivity index (χ0v) is 13.8. The normalized spacial score (nSPS) is 23.6. The first-order valence-corrected chi connectivity index (χ1v) is 7.70. The molecule has 4 rings (SSSR count). The van der Waals surface area contributed by atoms with E-state index in [1.165, 1.54) is 0 Å². The van der Waals surface area contributed by atoms with Gasteiger partial charge < -0.3 is 14.6 Å². The van der Waals surface area contributed by atoms with E-state index >= 15 is 0 Å². The number of rotatable bonds is 1. The number of hydrogen-bond acceptors (Lipinski definition) is 3. The lowest BCUT2D eigenvalue weighted by Crippen LogP contribution is -2.31. The van der Waals surface area contributed by atoms with Crippen LogP contribution in [0, 0.1) is 18.8 Å². The minimum atomic E-state index is 0. The number of aryl methyl sites for hydroxylation is 1. The number of benzene rings is 1. The van der Waals surface area contributed by atoms with Gasteiger partial charge in [-0.3, -0.25) is 4.79 Å². The molecule has 2 atom stereocenters. The van der Waals surface area contributed by atoms with Gasteiger partial charge >= 0.3 is 0 Å². The van der Waals surface area contributed by atoms with Crippen LogP contribution in [0.3, 0.4) is 0 Å². The largest absolute Gasteiger partial charge is 0.451 e. The van der Waals surface area contributed by atoms with Gasteiger partial charge in [-0.1, -0.05) is 11.6 Å². The first kappa shape index (κ1) is 15.7. The first-order chi connectivity index (χ1) is 10.1. The molecule has 1 aromatic heterocycles. The molecule has 0 aliphatic carbocycles. The number of halogens is 2. The van der Waals surface area contributed by atoms with Gasteiger partial charge in [0.25, 0.3) is 5.91 Å². The van der Waals surface area contributed by atoms with Gasteiger partial charge in [-0.15, -0.1) is 12.4 Å². The van der Waals surface area contributed by atoms with Crippen molar-refractivity contribution in [2.45, 2.75) is 6.92 Å². The molecule has 0 unspecified atom stereocenters. The number of fused-ring (bicyclic) bond motifs is 2. The molecule has 22 heavy (non-hydrogen) atoms. The maximum absolute atomic E-state index is 12.7. The van der Waals surface area contributed by atoms with E-state index in [-0.39, 0.29) is 18.3 Å². The van der Waals surface area contributed by atoms with E-state index in [0.717, 1.165) is 42.7 Å². The molecule has 0 radical (unpaired) electrons. The molecule has 2 aliphatic rings. The standard InChI is InChI=1S/C16H17ClN2O2.ClH/c1-9-13-4-12(17)2-3-14(13)21-15(9)16(20)19-7-10-5-18-6-11(10)8-19;/h2-4,10-11,18H,5-8H2,1H3;1H/t10-,11+;. The zero-order chi connectivity index (χ0) is 14.6. The monoisotopic (exact) mass is 340 g/mol. The number of amides is 1. The highest BCUT2D eigenvalue weighted by atomic mass is 35.5. The summed E-state index contributed by atoms with van der Waals surface area (Å²) in [5, 5.41) is 4.97. The van der Waals surface area contributed by atoms with Crippen molar-refractivity contribution in [3.05, 3.63) is 34.5 Å². The Morgan fingerprint density at radius 2 is 2.00 bits per heavy atom. The van der Waals surface area contributed by atoms with Crippen LogP contribution < -0.4 is 5.32 Å². The number of nitrogens with one attached hydrogen (secondary N) is 1. The van der Waals surface area contributed by atoms with Crippen LogP contribution in [0.15, 0.2) is 22.6 Å². The molecule has 2 saturated heterocycles. The Hall–Kier alpha value is -1.23. The van der Waals surface area contributed by atoms with Gasteiger partial charge in [-0.2, -0.15) is 0 Å². The second-order valence-corrected chi connectivity index (χ2v) is 6.52. The Kier molecular flexibility index (Phi) is 4.10. The van der Waals surface area contributed by atoms with Gasteiger partial charge in [-0.25, -0.2) is 0 Å². The van der Waals surface area contributed by atoms with Crippen molar-refractivity contribution < 1.29 is 9.21 Å². The lowest BCUT2D eigenvalue weighted by atomic mass is 10.0. The highest BCUT2D eigenvalue weighted by Crippen LogP contribution is 2.32. The Morgan fingerprint density at radius 1 is 1.32 bits per heavy atom. The average Bonchev–Trinajstić information content (AvgIpc) is 3.12. The average molecular weight is 341 g/mol. The summed E-state index contributed by atoms with van der Waals surface area (Å²) in [6.07, 6.45) is 0. The fraction of sp³-hybridized carbons (Fsp3) is 0.438. The van der Waals surface area contributed by atoms with E-state index in [4.69, 9.17) is 16.0 Å². The van der Waals surface area contributed by atoms with Crippen molar-refractivity contribution in [3.8, 4) is 0 Å². The molecule has 1 N–H and O–H groups in total. The minimum absolute atomic E-state index is 0. The number of carbonyl (C=O) groups is 1. The van der Waals surface area contributed by atoms with E-state index in [0.29, 0.717) is 22.6 Å². The predicted octanol–water partition coefficient (Wildman–Crippen LogP) is 3.11. The summed E-state index contributed by atoms with van der Waals surface area (Å²) < 4.78 is 5.78. The van der Waals surface area contributed by atoms with Crippen LogP contribution in [0.1, 0.15) is 16.1 Å². The van der Waals surface area contributed by atoms with E-state index < -0.39 is 0 Å². The molecule has 0 spiro atoms. The van der Waals surface area contributed by atoms with Crippen molar-refractivity contribution in [2.24, 2.45) is 11.8 Å². The summed E-state index contributed by atoms with van der Waals surface area (Å²) in [7, 11) is 0. The number of carbonyl (C=O) groups excluding carboxylic acids is 1. The number of furan rings is 1. The summed E-state index contributed by atoms with van der Waals surface area (Å²) >= 11 is 6.03. The summed E-state index contributed by atoms with van der Waals surface area (Å²) in [5.41, 5.74) is 1.61. The molecule has 118 valence electrons. The molecule has 6 heteroatoms. The molecule has 2 fully saturated rings. The Morgan fingerprint density at radius 3 is 2.68 bits per heavy atom. The van der Waals surface area contributed by atoms with Gasteiger partial charge in [0.15, 0.2) is 5.76 Å². The quantitative estimate of drug-likeness (QED) is 0.867. The topological polar surface area (TPSA) is 45.5 Å². The third-order valence-corrected chi connectivity index (χ3v) is 5.00. The van der Waals surface area contributed by atoms with Gasteiger partial charge in [0.2, 0.25) is 0 Å². The fourth-order valence-corrected chi connectivity index (χ4v) is 3.73. The summed E-state index contributed by atoms with van der Waals surface area (Å²) in [5.74, 6) is 1.65. The molecule has 1 aromatic carbocycles. The molecular formula is C16H18Cl2N2O2. The summed E-state index contributed by atoms with van der Waals surface area (Å²) in [4.78, 5) is 14.7. The molecule has 4 nitrogen and oxygen atoms in total. The summed E-state index contributed by atoms with van der Waals surface area (Å²) in [6, 6.07) is 5.46. The van der Waals surface area contributed by atoms with Crippen LogP contribution in [-0.2, 0) is 0 Å². The van der Waals surface area contributed by atoms with Crippen LogP contribution in [0.25, 0.3) is 11.0 Å². The molecule has 2 aromatic rings. The smallest absolute Gasteiger partial charge is 0.289 e. The van der Waals surface area contributed by atoms with Gasteiger partial charge in [-0.05, 0) is 37.0 Å². The lowest BCUT2D eigenvalue weighted by Gasteiger charge is -2.16. The van der Waals surface area contributed by atoms with Crippen LogP contribution in [0.4, 0.5) is 0 Å². The highest BCUT2D eigenvalue weighted by molar-refractivity contribution is 6.31. The second kappa shape index (κ2) is 5.76. The van der Waals surface area contributed by atoms with Crippen molar-refractivity contribution in [3.63, 3.8) is 0 Å². The second-order valence-electron chi connectivity index (χ2n) is 6.09. The summed E-state index contributed by atoms with van der Waals surface area (Å²) in [6.45, 7) is 5.61. The van der Waals surface area contributed by atoms with Crippen molar-refractivity contribution in [1.29, 1.82) is 0 Å². The molecule has 2 aliphatic heterocycles. The Balaban J connectivity index is 0.00000144. The lowest BCUT2D eigenvalue weighted by molar-refractivity contribution is 0.0751. The van der Waals surface area contributed by atoms with Gasteiger partial charge in [0.05, 0.1) is 0 Å². The molecule has 0 saturated carbocycles. The Bertz CT molecular complexity index is 716. The first-order valence-electron chi connectivity index (χ1n) is 7.32. The SMILES string of the molecule is Cc1c(C(=O)N2C[C@H]3CNC[C@H]3C2)oc2ccc(Cl)cc12.Cl. The minimum Gasteiger partial charge on any atom is -0.451 e. The number of hydrogen-bond donors (Lipinski definition) is 1. The van der Waals surface area contributed by atoms with E-state index in [1.807, 2.05) is 24.0 Å². The highest BCUT2D eigenvalue weighted by Gasteiger charge is 2.39. The van der Waals surface area contributed by atoms with Gasteiger partial charge in [0, 0.05) is 42.2 Å². The molecular weight excluding hydrogens is 323 g/mol. The maximum Gasteiger partial charge on any atom is 0.289 e. The molecule has 0 bridgehead atoms. The van der Waals surface area contributed by atoms with Crippen LogP contribution in [-0.4, -0.2) is 37.0 Å². The molecule has 3 heterocycles. The Labute approximate surface area is 140 Å². The number of likely N-dealkylation sites (tertiary alicyclic amines) is 1. The van der Waals surface area contributed by atoms with E-state index in [1.54, 1.807) is 6.07 Å². The third-order valence-electron chi connectivity index (χ3n) is 4.77. The zero-order valence-electron chi connectivity index (χ0n) is 12.3. The van der Waals surface area contributed by atoms with Gasteiger partial charge in [0.1, 0.15) is 5.58 Å². The van der Waals surface area contributed by atoms with Crippen LogP contribution in [0.2, 0.25) is 5.02 Å².